The fourth-order valence-electron chi connectivity index (χ4n) is 2.48. The first-order valence-electron chi connectivity index (χ1n) is 8.54. The SMILES string of the molecule is O=C(CCC(=O)Oc1c(F)cccc1Cl)Oc1ccc(-c2ccccc2)cc1. The van der Waals surface area contributed by atoms with E-state index in [4.69, 9.17) is 21.1 Å². The number of hydrogen-bond donors (Lipinski definition) is 0. The van der Waals surface area contributed by atoms with Crippen molar-refractivity contribution < 1.29 is 23.5 Å². The second-order valence-corrected chi connectivity index (χ2v) is 6.30. The zero-order valence-electron chi connectivity index (χ0n) is 14.7. The molecule has 0 atom stereocenters. The standard InChI is InChI=1S/C22H16ClFO4/c23-18-7-4-8-19(24)22(18)28-21(26)14-13-20(25)27-17-11-9-16(10-12-17)15-5-2-1-3-6-15/h1-12H,13-14H2. The summed E-state index contributed by atoms with van der Waals surface area (Å²) in [6.45, 7) is 0. The Labute approximate surface area is 166 Å². The maximum absolute atomic E-state index is 13.6. The molecule has 0 heterocycles. The molecule has 3 rings (SSSR count). The van der Waals surface area contributed by atoms with Crippen molar-refractivity contribution in [3.63, 3.8) is 0 Å². The smallest absolute Gasteiger partial charge is 0.311 e. The second-order valence-electron chi connectivity index (χ2n) is 5.89. The fraction of sp³-hybridized carbons (Fsp3) is 0.0909. The van der Waals surface area contributed by atoms with Crippen LogP contribution in [0.4, 0.5) is 4.39 Å². The monoisotopic (exact) mass is 398 g/mol. The van der Waals surface area contributed by atoms with E-state index in [1.807, 2.05) is 42.5 Å². The van der Waals surface area contributed by atoms with Gasteiger partial charge in [0, 0.05) is 0 Å². The number of carbonyl (C=O) groups is 2. The molecule has 4 nitrogen and oxygen atoms in total. The average Bonchev–Trinajstić information content (AvgIpc) is 2.70. The topological polar surface area (TPSA) is 52.6 Å². The lowest BCUT2D eigenvalue weighted by Gasteiger charge is -2.08. The quantitative estimate of drug-likeness (QED) is 0.410. The molecule has 6 heteroatoms. The zero-order chi connectivity index (χ0) is 19.9. The molecule has 0 radical (unpaired) electrons. The van der Waals surface area contributed by atoms with Gasteiger partial charge in [-0.25, -0.2) is 4.39 Å². The van der Waals surface area contributed by atoms with Crippen molar-refractivity contribution in [1.82, 2.24) is 0 Å². The summed E-state index contributed by atoms with van der Waals surface area (Å²) in [4.78, 5) is 23.7. The number of benzene rings is 3. The Bertz CT molecular complexity index is 951. The predicted octanol–water partition coefficient (Wildman–Crippen LogP) is 5.44. The van der Waals surface area contributed by atoms with Gasteiger partial charge < -0.3 is 9.47 Å². The third-order valence-corrected chi connectivity index (χ3v) is 4.16. The van der Waals surface area contributed by atoms with Crippen LogP contribution >= 0.6 is 11.6 Å². The molecule has 0 fully saturated rings. The summed E-state index contributed by atoms with van der Waals surface area (Å²) < 4.78 is 23.7. The van der Waals surface area contributed by atoms with Gasteiger partial charge in [0.2, 0.25) is 0 Å². The lowest BCUT2D eigenvalue weighted by atomic mass is 10.1. The number of halogens is 2. The largest absolute Gasteiger partial charge is 0.427 e. The molecule has 0 aromatic heterocycles. The van der Waals surface area contributed by atoms with Crippen LogP contribution in [0.3, 0.4) is 0 Å². The van der Waals surface area contributed by atoms with Crippen LogP contribution in [0.1, 0.15) is 12.8 Å². The minimum absolute atomic E-state index is 0.0190. The summed E-state index contributed by atoms with van der Waals surface area (Å²) >= 11 is 5.79. The van der Waals surface area contributed by atoms with Gasteiger partial charge in [-0.05, 0) is 35.4 Å². The third kappa shape index (κ3) is 5.18. The van der Waals surface area contributed by atoms with Crippen LogP contribution in [0.2, 0.25) is 5.02 Å². The van der Waals surface area contributed by atoms with Gasteiger partial charge in [0.1, 0.15) is 5.75 Å². The lowest BCUT2D eigenvalue weighted by molar-refractivity contribution is -0.140. The van der Waals surface area contributed by atoms with Gasteiger partial charge in [0.25, 0.3) is 0 Å². The van der Waals surface area contributed by atoms with Gasteiger partial charge >= 0.3 is 11.9 Å². The molecule has 0 amide bonds. The summed E-state index contributed by atoms with van der Waals surface area (Å²) in [7, 11) is 0. The van der Waals surface area contributed by atoms with E-state index in [1.165, 1.54) is 12.1 Å². The van der Waals surface area contributed by atoms with Crippen LogP contribution in [0, 0.1) is 5.82 Å². The highest BCUT2D eigenvalue weighted by atomic mass is 35.5. The van der Waals surface area contributed by atoms with Crippen LogP contribution in [0.15, 0.2) is 72.8 Å². The number of ether oxygens (including phenoxy) is 2. The summed E-state index contributed by atoms with van der Waals surface area (Å²) in [6.07, 6.45) is -0.461. The summed E-state index contributed by atoms with van der Waals surface area (Å²) in [6, 6.07) is 20.7. The van der Waals surface area contributed by atoms with Crippen molar-refractivity contribution in [3.05, 3.63) is 83.6 Å². The Morgan fingerprint density at radius 2 is 1.36 bits per heavy atom. The molecule has 0 aliphatic heterocycles. The number of para-hydroxylation sites is 1. The number of rotatable bonds is 6. The highest BCUT2D eigenvalue weighted by Crippen LogP contribution is 2.27. The fourth-order valence-corrected chi connectivity index (χ4v) is 2.68. The summed E-state index contributed by atoms with van der Waals surface area (Å²) in [5, 5.41) is -0.0190. The van der Waals surface area contributed by atoms with Crippen molar-refractivity contribution in [2.45, 2.75) is 12.8 Å². The van der Waals surface area contributed by atoms with Gasteiger partial charge in [-0.2, -0.15) is 0 Å². The lowest BCUT2D eigenvalue weighted by Crippen LogP contribution is -2.14. The normalized spacial score (nSPS) is 10.4. The van der Waals surface area contributed by atoms with Crippen molar-refractivity contribution in [1.29, 1.82) is 0 Å². The molecule has 0 aliphatic carbocycles. The molecule has 0 saturated carbocycles. The minimum atomic E-state index is -0.775. The first-order chi connectivity index (χ1) is 13.5. The van der Waals surface area contributed by atoms with Crippen LogP contribution in [0.5, 0.6) is 11.5 Å². The van der Waals surface area contributed by atoms with E-state index in [1.54, 1.807) is 12.1 Å². The van der Waals surface area contributed by atoms with Crippen molar-refractivity contribution in [2.75, 3.05) is 0 Å². The molecular formula is C22H16ClFO4. The first kappa shape index (κ1) is 19.6. The van der Waals surface area contributed by atoms with E-state index in [0.717, 1.165) is 17.2 Å². The minimum Gasteiger partial charge on any atom is -0.427 e. The zero-order valence-corrected chi connectivity index (χ0v) is 15.5. The van der Waals surface area contributed by atoms with Gasteiger partial charge in [-0.1, -0.05) is 60.1 Å². The third-order valence-electron chi connectivity index (χ3n) is 3.86. The van der Waals surface area contributed by atoms with Crippen LogP contribution in [0.25, 0.3) is 11.1 Å². The van der Waals surface area contributed by atoms with Crippen LogP contribution in [-0.4, -0.2) is 11.9 Å². The average molecular weight is 399 g/mol. The van der Waals surface area contributed by atoms with Crippen LogP contribution < -0.4 is 9.47 Å². The van der Waals surface area contributed by atoms with E-state index in [2.05, 4.69) is 0 Å². The summed E-state index contributed by atoms with van der Waals surface area (Å²) in [5.41, 5.74) is 2.04. The molecule has 0 bridgehead atoms. The van der Waals surface area contributed by atoms with Gasteiger partial charge in [0.15, 0.2) is 11.6 Å². The molecule has 28 heavy (non-hydrogen) atoms. The van der Waals surface area contributed by atoms with E-state index >= 15 is 0 Å². The Hall–Kier alpha value is -3.18. The second kappa shape index (κ2) is 9.15. The first-order valence-corrected chi connectivity index (χ1v) is 8.91. The maximum atomic E-state index is 13.6. The molecule has 0 unspecified atom stereocenters. The highest BCUT2D eigenvalue weighted by Gasteiger charge is 2.15. The van der Waals surface area contributed by atoms with E-state index < -0.39 is 17.8 Å². The summed E-state index contributed by atoms with van der Waals surface area (Å²) in [5.74, 6) is -2.09. The molecule has 0 aliphatic rings. The molecule has 3 aromatic carbocycles. The van der Waals surface area contributed by atoms with E-state index in [9.17, 15) is 14.0 Å². The van der Waals surface area contributed by atoms with Gasteiger partial charge in [-0.3, -0.25) is 9.59 Å². The number of hydrogen-bond acceptors (Lipinski definition) is 4. The molecule has 142 valence electrons. The predicted molar refractivity (Wildman–Crippen MR) is 104 cm³/mol. The Kier molecular flexibility index (Phi) is 6.40. The molecule has 0 saturated heterocycles. The van der Waals surface area contributed by atoms with E-state index in [-0.39, 0.29) is 23.6 Å². The molecular weight excluding hydrogens is 383 g/mol. The highest BCUT2D eigenvalue weighted by molar-refractivity contribution is 6.32. The van der Waals surface area contributed by atoms with Gasteiger partial charge in [0.05, 0.1) is 17.9 Å². The Morgan fingerprint density at radius 1 is 0.750 bits per heavy atom. The molecule has 3 aromatic rings. The number of esters is 2. The van der Waals surface area contributed by atoms with Crippen molar-refractivity contribution in [2.24, 2.45) is 0 Å². The van der Waals surface area contributed by atoms with Crippen molar-refractivity contribution in [3.8, 4) is 22.6 Å². The Morgan fingerprint density at radius 3 is 2.00 bits per heavy atom. The molecule has 0 N–H and O–H groups in total. The molecule has 0 spiro atoms. The maximum Gasteiger partial charge on any atom is 0.311 e. The van der Waals surface area contributed by atoms with Gasteiger partial charge in [-0.15, -0.1) is 0 Å². The van der Waals surface area contributed by atoms with Crippen molar-refractivity contribution >= 4 is 23.5 Å². The Balaban J connectivity index is 1.51. The van der Waals surface area contributed by atoms with E-state index in [0.29, 0.717) is 5.75 Å². The van der Waals surface area contributed by atoms with Crippen LogP contribution in [-0.2, 0) is 9.59 Å². The number of carbonyl (C=O) groups excluding carboxylic acids is 2.